The summed E-state index contributed by atoms with van der Waals surface area (Å²) in [5, 5.41) is 0. The Morgan fingerprint density at radius 1 is 1.17 bits per heavy atom. The maximum atomic E-state index is 12.8. The minimum Gasteiger partial charge on any atom is -0.491 e. The van der Waals surface area contributed by atoms with E-state index < -0.39 is 0 Å². The fraction of sp³-hybridized carbons (Fsp3) is 0.350. The van der Waals surface area contributed by atoms with E-state index in [0.29, 0.717) is 12.2 Å². The molecule has 23 heavy (non-hydrogen) atoms. The SMILES string of the molecule is CC(C)(C)c1cc(OCC2CO2)ccc1C(=O)c1ccccc1. The first-order valence-corrected chi connectivity index (χ1v) is 7.94. The Labute approximate surface area is 137 Å². The number of rotatable bonds is 5. The summed E-state index contributed by atoms with van der Waals surface area (Å²) in [5.74, 6) is 0.836. The van der Waals surface area contributed by atoms with Crippen molar-refractivity contribution in [2.24, 2.45) is 0 Å². The van der Waals surface area contributed by atoms with Crippen molar-refractivity contribution < 1.29 is 14.3 Å². The zero-order valence-corrected chi connectivity index (χ0v) is 13.8. The second kappa shape index (κ2) is 6.17. The van der Waals surface area contributed by atoms with Gasteiger partial charge in [-0.3, -0.25) is 4.79 Å². The van der Waals surface area contributed by atoms with E-state index >= 15 is 0 Å². The van der Waals surface area contributed by atoms with E-state index in [2.05, 4.69) is 20.8 Å². The van der Waals surface area contributed by atoms with Gasteiger partial charge in [0.1, 0.15) is 18.5 Å². The fourth-order valence-electron chi connectivity index (χ4n) is 2.53. The van der Waals surface area contributed by atoms with Gasteiger partial charge < -0.3 is 9.47 Å². The zero-order valence-electron chi connectivity index (χ0n) is 13.8. The number of hydrogen-bond donors (Lipinski definition) is 0. The number of ketones is 1. The summed E-state index contributed by atoms with van der Waals surface area (Å²) >= 11 is 0. The van der Waals surface area contributed by atoms with Gasteiger partial charge in [0.15, 0.2) is 5.78 Å². The summed E-state index contributed by atoms with van der Waals surface area (Å²) in [5.41, 5.74) is 2.30. The number of epoxide rings is 1. The smallest absolute Gasteiger partial charge is 0.193 e. The third-order valence-electron chi connectivity index (χ3n) is 3.92. The minimum absolute atomic E-state index is 0.0487. The molecule has 1 aliphatic rings. The van der Waals surface area contributed by atoms with Crippen molar-refractivity contribution in [3.8, 4) is 5.75 Å². The first kappa shape index (κ1) is 15.8. The number of ether oxygens (including phenoxy) is 2. The van der Waals surface area contributed by atoms with Crippen molar-refractivity contribution in [1.82, 2.24) is 0 Å². The van der Waals surface area contributed by atoms with Gasteiger partial charge in [-0.25, -0.2) is 0 Å². The molecule has 1 heterocycles. The van der Waals surface area contributed by atoms with Crippen LogP contribution in [0.4, 0.5) is 0 Å². The van der Waals surface area contributed by atoms with Gasteiger partial charge in [0.05, 0.1) is 6.61 Å². The van der Waals surface area contributed by atoms with E-state index in [1.807, 2.05) is 48.5 Å². The molecule has 1 aliphatic heterocycles. The van der Waals surface area contributed by atoms with Crippen LogP contribution < -0.4 is 4.74 Å². The molecule has 0 N–H and O–H groups in total. The van der Waals surface area contributed by atoms with Gasteiger partial charge in [-0.15, -0.1) is 0 Å². The molecule has 0 radical (unpaired) electrons. The summed E-state index contributed by atoms with van der Waals surface area (Å²) in [7, 11) is 0. The van der Waals surface area contributed by atoms with Gasteiger partial charge in [-0.05, 0) is 29.2 Å². The molecule has 0 aromatic heterocycles. The topological polar surface area (TPSA) is 38.8 Å². The second-order valence-electron chi connectivity index (χ2n) is 6.92. The van der Waals surface area contributed by atoms with Crippen LogP contribution in [0.1, 0.15) is 42.3 Å². The molecule has 0 saturated carbocycles. The van der Waals surface area contributed by atoms with E-state index in [4.69, 9.17) is 9.47 Å². The largest absolute Gasteiger partial charge is 0.491 e. The van der Waals surface area contributed by atoms with Gasteiger partial charge in [0.2, 0.25) is 0 Å². The predicted molar refractivity (Wildman–Crippen MR) is 90.3 cm³/mol. The van der Waals surface area contributed by atoms with E-state index in [1.165, 1.54) is 0 Å². The number of benzene rings is 2. The normalized spacial score (nSPS) is 16.9. The summed E-state index contributed by atoms with van der Waals surface area (Å²) in [4.78, 5) is 12.8. The maximum absolute atomic E-state index is 12.8. The molecule has 0 aliphatic carbocycles. The molecule has 0 bridgehead atoms. The third kappa shape index (κ3) is 3.80. The minimum atomic E-state index is -0.144. The van der Waals surface area contributed by atoms with Gasteiger partial charge in [0, 0.05) is 11.1 Å². The Morgan fingerprint density at radius 2 is 1.87 bits per heavy atom. The lowest BCUT2D eigenvalue weighted by Crippen LogP contribution is -2.18. The van der Waals surface area contributed by atoms with Gasteiger partial charge in [-0.2, -0.15) is 0 Å². The molecule has 3 nitrogen and oxygen atoms in total. The molecule has 2 aromatic rings. The monoisotopic (exact) mass is 310 g/mol. The van der Waals surface area contributed by atoms with Crippen molar-refractivity contribution >= 4 is 5.78 Å². The average molecular weight is 310 g/mol. The summed E-state index contributed by atoms with van der Waals surface area (Å²) in [6, 6.07) is 15.1. The highest BCUT2D eigenvalue weighted by atomic mass is 16.6. The van der Waals surface area contributed by atoms with Crippen molar-refractivity contribution in [3.63, 3.8) is 0 Å². The van der Waals surface area contributed by atoms with Crippen LogP contribution in [0.3, 0.4) is 0 Å². The third-order valence-corrected chi connectivity index (χ3v) is 3.92. The second-order valence-corrected chi connectivity index (χ2v) is 6.92. The highest BCUT2D eigenvalue weighted by molar-refractivity contribution is 6.10. The molecule has 2 aromatic carbocycles. The Hall–Kier alpha value is -2.13. The number of hydrogen-bond acceptors (Lipinski definition) is 3. The number of carbonyl (C=O) groups is 1. The predicted octanol–water partition coefficient (Wildman–Crippen LogP) is 3.99. The van der Waals surface area contributed by atoms with Crippen LogP contribution in [0.5, 0.6) is 5.75 Å². The van der Waals surface area contributed by atoms with Crippen LogP contribution in [0.2, 0.25) is 0 Å². The summed E-state index contributed by atoms with van der Waals surface area (Å²) < 4.78 is 10.9. The van der Waals surface area contributed by atoms with Gasteiger partial charge in [0.25, 0.3) is 0 Å². The van der Waals surface area contributed by atoms with Crippen LogP contribution in [-0.2, 0) is 10.2 Å². The van der Waals surface area contributed by atoms with Crippen molar-refractivity contribution in [2.45, 2.75) is 32.3 Å². The van der Waals surface area contributed by atoms with Gasteiger partial charge >= 0.3 is 0 Å². The van der Waals surface area contributed by atoms with E-state index in [0.717, 1.165) is 23.5 Å². The van der Waals surface area contributed by atoms with Crippen molar-refractivity contribution in [2.75, 3.05) is 13.2 Å². The quantitative estimate of drug-likeness (QED) is 0.619. The average Bonchev–Trinajstić information content (AvgIpc) is 3.36. The van der Waals surface area contributed by atoms with Crippen molar-refractivity contribution in [1.29, 1.82) is 0 Å². The Balaban J connectivity index is 1.93. The van der Waals surface area contributed by atoms with Crippen LogP contribution in [0.15, 0.2) is 48.5 Å². The Morgan fingerprint density at radius 3 is 2.48 bits per heavy atom. The first-order valence-electron chi connectivity index (χ1n) is 7.94. The number of carbonyl (C=O) groups excluding carboxylic acids is 1. The molecule has 1 atom stereocenters. The molecule has 3 heteroatoms. The van der Waals surface area contributed by atoms with E-state index in [9.17, 15) is 4.79 Å². The maximum Gasteiger partial charge on any atom is 0.193 e. The Bertz CT molecular complexity index is 695. The molecule has 120 valence electrons. The summed E-state index contributed by atoms with van der Waals surface area (Å²) in [6.45, 7) is 7.67. The van der Waals surface area contributed by atoms with Crippen LogP contribution in [0, 0.1) is 0 Å². The fourth-order valence-corrected chi connectivity index (χ4v) is 2.53. The first-order chi connectivity index (χ1) is 10.9. The molecule has 1 unspecified atom stereocenters. The molecular weight excluding hydrogens is 288 g/mol. The lowest BCUT2D eigenvalue weighted by Gasteiger charge is -2.23. The molecular formula is C20H22O3. The zero-order chi connectivity index (χ0) is 16.4. The lowest BCUT2D eigenvalue weighted by atomic mass is 9.81. The van der Waals surface area contributed by atoms with Gasteiger partial charge in [-0.1, -0.05) is 51.1 Å². The highest BCUT2D eigenvalue weighted by Gasteiger charge is 2.25. The molecule has 1 saturated heterocycles. The standard InChI is InChI=1S/C20H22O3/c1-20(2,3)18-11-15(22-12-16-13-23-16)9-10-17(18)19(21)14-7-5-4-6-8-14/h4-11,16H,12-13H2,1-3H3. The van der Waals surface area contributed by atoms with Crippen LogP contribution in [0.25, 0.3) is 0 Å². The van der Waals surface area contributed by atoms with Crippen LogP contribution in [-0.4, -0.2) is 25.1 Å². The lowest BCUT2D eigenvalue weighted by molar-refractivity contribution is 0.103. The Kier molecular flexibility index (Phi) is 4.22. The molecule has 0 amide bonds. The molecule has 1 fully saturated rings. The van der Waals surface area contributed by atoms with E-state index in [-0.39, 0.29) is 17.3 Å². The van der Waals surface area contributed by atoms with Crippen molar-refractivity contribution in [3.05, 3.63) is 65.2 Å². The van der Waals surface area contributed by atoms with Crippen LogP contribution >= 0.6 is 0 Å². The summed E-state index contributed by atoms with van der Waals surface area (Å²) in [6.07, 6.45) is 0.221. The molecule has 3 rings (SSSR count). The highest BCUT2D eigenvalue weighted by Crippen LogP contribution is 2.31. The van der Waals surface area contributed by atoms with E-state index in [1.54, 1.807) is 0 Å². The molecule has 0 spiro atoms.